The van der Waals surface area contributed by atoms with Gasteiger partial charge in [-0.2, -0.15) is 0 Å². The number of benzene rings is 2. The van der Waals surface area contributed by atoms with Gasteiger partial charge in [0.2, 0.25) is 0 Å². The molecule has 0 atom stereocenters. The minimum absolute atomic E-state index is 0.461. The van der Waals surface area contributed by atoms with Gasteiger partial charge in [-0.1, -0.05) is 59.2 Å². The molecule has 1 N–H and O–H groups in total. The van der Waals surface area contributed by atoms with Crippen molar-refractivity contribution in [2.75, 3.05) is 0 Å². The second kappa shape index (κ2) is 7.51. The summed E-state index contributed by atoms with van der Waals surface area (Å²) >= 11 is 11.5. The van der Waals surface area contributed by atoms with Gasteiger partial charge in [-0.25, -0.2) is 0 Å². The van der Waals surface area contributed by atoms with Crippen molar-refractivity contribution in [3.63, 3.8) is 0 Å². The average molecular weight is 371 g/mol. The number of nitrogens with one attached hydrogen (secondary N) is 1. The van der Waals surface area contributed by atoms with Gasteiger partial charge < -0.3 is 5.32 Å². The number of hydrogen-bond acceptors (Lipinski definition) is 2. The van der Waals surface area contributed by atoms with E-state index in [1.165, 1.54) is 4.90 Å². The Bertz CT molecular complexity index is 569. The first kappa shape index (κ1) is 15.9. The van der Waals surface area contributed by atoms with Crippen molar-refractivity contribution in [2.24, 2.45) is 0 Å². The summed E-state index contributed by atoms with van der Waals surface area (Å²) < 4.78 is 1.09. The Morgan fingerprint density at radius 3 is 2.35 bits per heavy atom. The Morgan fingerprint density at radius 1 is 1.10 bits per heavy atom. The van der Waals surface area contributed by atoms with Crippen LogP contribution in [-0.4, -0.2) is 6.04 Å². The summed E-state index contributed by atoms with van der Waals surface area (Å²) in [6.45, 7) is 5.07. The molecule has 2 aromatic carbocycles. The molecule has 2 rings (SSSR count). The monoisotopic (exact) mass is 369 g/mol. The van der Waals surface area contributed by atoms with Gasteiger partial charge in [0.15, 0.2) is 0 Å². The Kier molecular flexibility index (Phi) is 5.97. The fraction of sp³-hybridized carbons (Fsp3) is 0.250. The second-order valence-electron chi connectivity index (χ2n) is 4.84. The predicted molar refractivity (Wildman–Crippen MR) is 91.7 cm³/mol. The minimum atomic E-state index is 0.461. The lowest BCUT2D eigenvalue weighted by Crippen LogP contribution is -2.21. The van der Waals surface area contributed by atoms with E-state index in [-0.39, 0.29) is 0 Å². The van der Waals surface area contributed by atoms with Crippen LogP contribution in [-0.2, 0) is 6.54 Å². The van der Waals surface area contributed by atoms with Crippen LogP contribution in [0, 0.1) is 0 Å². The molecule has 20 heavy (non-hydrogen) atoms. The molecule has 2 aromatic rings. The number of rotatable bonds is 5. The second-order valence-corrected chi connectivity index (χ2v) is 7.31. The average Bonchev–Trinajstić information content (AvgIpc) is 2.40. The molecule has 1 nitrogen and oxygen atoms in total. The molecule has 0 saturated carbocycles. The molecule has 0 spiro atoms. The molecule has 0 fully saturated rings. The van der Waals surface area contributed by atoms with Gasteiger partial charge in [-0.15, -0.1) is 0 Å². The fourth-order valence-electron chi connectivity index (χ4n) is 1.69. The molecular weight excluding hydrogens is 354 g/mol. The van der Waals surface area contributed by atoms with Gasteiger partial charge in [0.05, 0.1) is 0 Å². The molecular formula is C16H17BrClNS. The van der Waals surface area contributed by atoms with Crippen molar-refractivity contribution in [1.82, 2.24) is 5.32 Å². The van der Waals surface area contributed by atoms with Crippen LogP contribution in [0.15, 0.2) is 56.7 Å². The highest BCUT2D eigenvalue weighted by Crippen LogP contribution is 2.31. The molecule has 0 radical (unpaired) electrons. The van der Waals surface area contributed by atoms with Crippen LogP contribution >= 0.6 is 39.3 Å². The van der Waals surface area contributed by atoms with E-state index in [9.17, 15) is 0 Å². The quantitative estimate of drug-likeness (QED) is 0.719. The molecule has 0 saturated heterocycles. The molecule has 106 valence electrons. The third-order valence-corrected chi connectivity index (χ3v) is 4.65. The molecule has 0 bridgehead atoms. The third kappa shape index (κ3) is 4.81. The predicted octanol–water partition coefficient (Wildman–Crippen LogP) is 5.75. The largest absolute Gasteiger partial charge is 0.310 e. The Hall–Kier alpha value is -0.480. The highest BCUT2D eigenvalue weighted by molar-refractivity contribution is 9.10. The van der Waals surface area contributed by atoms with E-state index in [1.54, 1.807) is 11.8 Å². The molecule has 0 heterocycles. The van der Waals surface area contributed by atoms with Crippen LogP contribution in [0.25, 0.3) is 0 Å². The first-order valence-corrected chi connectivity index (χ1v) is 8.48. The summed E-state index contributed by atoms with van der Waals surface area (Å²) in [4.78, 5) is 2.36. The van der Waals surface area contributed by atoms with E-state index in [1.807, 2.05) is 18.2 Å². The minimum Gasteiger partial charge on any atom is -0.310 e. The summed E-state index contributed by atoms with van der Waals surface area (Å²) in [5.74, 6) is 0. The van der Waals surface area contributed by atoms with Crippen LogP contribution in [0.1, 0.15) is 19.4 Å². The SMILES string of the molecule is CC(C)NCc1ccc(Sc2ccc(Br)cc2)cc1Cl. The lowest BCUT2D eigenvalue weighted by molar-refractivity contribution is 0.589. The van der Waals surface area contributed by atoms with Crippen LogP contribution in [0.2, 0.25) is 5.02 Å². The summed E-state index contributed by atoms with van der Waals surface area (Å²) in [5.41, 5.74) is 1.14. The molecule has 0 amide bonds. The van der Waals surface area contributed by atoms with E-state index >= 15 is 0 Å². The topological polar surface area (TPSA) is 12.0 Å². The fourth-order valence-corrected chi connectivity index (χ4v) is 3.12. The molecule has 0 aromatic heterocycles. The summed E-state index contributed by atoms with van der Waals surface area (Å²) in [6, 6.07) is 15.0. The van der Waals surface area contributed by atoms with Crippen molar-refractivity contribution >= 4 is 39.3 Å². The van der Waals surface area contributed by atoms with Gasteiger partial charge >= 0.3 is 0 Å². The van der Waals surface area contributed by atoms with E-state index in [0.29, 0.717) is 6.04 Å². The van der Waals surface area contributed by atoms with Crippen molar-refractivity contribution in [3.8, 4) is 0 Å². The standard InChI is InChI=1S/C16H17BrClNS/c1-11(2)19-10-12-3-6-15(9-16(12)18)20-14-7-4-13(17)5-8-14/h3-9,11,19H,10H2,1-2H3. The van der Waals surface area contributed by atoms with Crippen LogP contribution in [0.4, 0.5) is 0 Å². The first-order chi connectivity index (χ1) is 9.54. The summed E-state index contributed by atoms with van der Waals surface area (Å²) in [7, 11) is 0. The van der Waals surface area contributed by atoms with Crippen LogP contribution in [0.5, 0.6) is 0 Å². The van der Waals surface area contributed by atoms with Gasteiger partial charge in [-0.05, 0) is 42.0 Å². The van der Waals surface area contributed by atoms with Gasteiger partial charge in [-0.3, -0.25) is 0 Å². The van der Waals surface area contributed by atoms with Gasteiger partial charge in [0.1, 0.15) is 0 Å². The maximum atomic E-state index is 6.34. The summed E-state index contributed by atoms with van der Waals surface area (Å²) in [6.07, 6.45) is 0. The number of hydrogen-bond donors (Lipinski definition) is 1. The normalized spacial score (nSPS) is 11.1. The zero-order chi connectivity index (χ0) is 14.5. The molecule has 0 aliphatic rings. The maximum absolute atomic E-state index is 6.34. The van der Waals surface area contributed by atoms with E-state index in [2.05, 4.69) is 59.4 Å². The number of halogens is 2. The van der Waals surface area contributed by atoms with E-state index in [4.69, 9.17) is 11.6 Å². The smallest absolute Gasteiger partial charge is 0.0462 e. The lowest BCUT2D eigenvalue weighted by Gasteiger charge is -2.10. The Morgan fingerprint density at radius 2 is 1.75 bits per heavy atom. The first-order valence-electron chi connectivity index (χ1n) is 6.50. The van der Waals surface area contributed by atoms with Crippen molar-refractivity contribution in [2.45, 2.75) is 36.2 Å². The summed E-state index contributed by atoms with van der Waals surface area (Å²) in [5, 5.41) is 4.20. The van der Waals surface area contributed by atoms with Crippen molar-refractivity contribution in [1.29, 1.82) is 0 Å². The Balaban J connectivity index is 2.06. The molecule has 0 unspecified atom stereocenters. The molecule has 4 heteroatoms. The van der Waals surface area contributed by atoms with E-state index in [0.717, 1.165) is 26.5 Å². The lowest BCUT2D eigenvalue weighted by atomic mass is 10.2. The van der Waals surface area contributed by atoms with Gasteiger partial charge in [0.25, 0.3) is 0 Å². The van der Waals surface area contributed by atoms with Crippen molar-refractivity contribution < 1.29 is 0 Å². The highest BCUT2D eigenvalue weighted by atomic mass is 79.9. The van der Waals surface area contributed by atoms with Gasteiger partial charge in [0, 0.05) is 31.9 Å². The Labute approximate surface area is 138 Å². The van der Waals surface area contributed by atoms with Crippen molar-refractivity contribution in [3.05, 3.63) is 57.5 Å². The molecule has 0 aliphatic heterocycles. The highest BCUT2D eigenvalue weighted by Gasteiger charge is 2.04. The van der Waals surface area contributed by atoms with Crippen LogP contribution < -0.4 is 5.32 Å². The third-order valence-electron chi connectivity index (χ3n) is 2.77. The maximum Gasteiger partial charge on any atom is 0.0462 e. The zero-order valence-electron chi connectivity index (χ0n) is 11.5. The zero-order valence-corrected chi connectivity index (χ0v) is 14.6. The van der Waals surface area contributed by atoms with Crippen LogP contribution in [0.3, 0.4) is 0 Å². The van der Waals surface area contributed by atoms with E-state index < -0.39 is 0 Å². The molecule has 0 aliphatic carbocycles.